The van der Waals surface area contributed by atoms with Crippen LogP contribution < -0.4 is 0 Å². The van der Waals surface area contributed by atoms with Crippen molar-refractivity contribution in [2.75, 3.05) is 0 Å². The maximum Gasteiger partial charge on any atom is 0.389 e. The summed E-state index contributed by atoms with van der Waals surface area (Å²) in [6.45, 7) is 0. The highest BCUT2D eigenvalue weighted by Crippen LogP contribution is 2.23. The van der Waals surface area contributed by atoms with Crippen molar-refractivity contribution in [3.05, 3.63) is 33.4 Å². The van der Waals surface area contributed by atoms with Crippen LogP contribution in [0.15, 0.2) is 24.3 Å². The van der Waals surface area contributed by atoms with E-state index in [4.69, 9.17) is 0 Å². The van der Waals surface area contributed by atoms with Crippen molar-refractivity contribution >= 4 is 22.6 Å². The summed E-state index contributed by atoms with van der Waals surface area (Å²) in [4.78, 5) is 0. The lowest BCUT2D eigenvalue weighted by molar-refractivity contribution is -0.134. The van der Waals surface area contributed by atoms with Crippen LogP contribution in [0.3, 0.4) is 0 Å². The third kappa shape index (κ3) is 3.97. The van der Waals surface area contributed by atoms with Crippen LogP contribution in [0.25, 0.3) is 0 Å². The van der Waals surface area contributed by atoms with E-state index in [2.05, 4.69) is 0 Å². The van der Waals surface area contributed by atoms with E-state index in [9.17, 15) is 13.2 Å². The maximum atomic E-state index is 11.9. The zero-order chi connectivity index (χ0) is 9.90. The minimum Gasteiger partial charge on any atom is -0.171 e. The third-order valence-corrected chi connectivity index (χ3v) is 2.69. The molecule has 0 aliphatic carbocycles. The molecule has 0 aromatic heterocycles. The number of benzene rings is 1. The average molecular weight is 300 g/mol. The first-order valence-corrected chi connectivity index (χ1v) is 4.87. The van der Waals surface area contributed by atoms with Gasteiger partial charge >= 0.3 is 6.18 Å². The van der Waals surface area contributed by atoms with Crippen molar-refractivity contribution in [2.45, 2.75) is 19.0 Å². The van der Waals surface area contributed by atoms with E-state index in [1.165, 1.54) is 0 Å². The van der Waals surface area contributed by atoms with Crippen molar-refractivity contribution in [2.24, 2.45) is 0 Å². The van der Waals surface area contributed by atoms with Crippen LogP contribution in [0.1, 0.15) is 12.0 Å². The fraction of sp³-hybridized carbons (Fsp3) is 0.333. The Morgan fingerprint density at radius 2 is 1.77 bits per heavy atom. The molecule has 0 amide bonds. The van der Waals surface area contributed by atoms with Crippen molar-refractivity contribution < 1.29 is 13.2 Å². The summed E-state index contributed by atoms with van der Waals surface area (Å²) >= 11 is 2.04. The van der Waals surface area contributed by atoms with Crippen molar-refractivity contribution in [1.29, 1.82) is 0 Å². The predicted octanol–water partition coefficient (Wildman–Crippen LogP) is 3.79. The van der Waals surface area contributed by atoms with Gasteiger partial charge in [0.1, 0.15) is 0 Å². The number of alkyl halides is 3. The van der Waals surface area contributed by atoms with E-state index < -0.39 is 12.6 Å². The lowest BCUT2D eigenvalue weighted by Crippen LogP contribution is -2.08. The molecule has 1 aromatic carbocycles. The van der Waals surface area contributed by atoms with Gasteiger partial charge in [0.25, 0.3) is 0 Å². The fourth-order valence-electron chi connectivity index (χ4n) is 0.978. The Morgan fingerprint density at radius 3 is 2.31 bits per heavy atom. The zero-order valence-corrected chi connectivity index (χ0v) is 8.89. The molecule has 0 radical (unpaired) electrons. The van der Waals surface area contributed by atoms with Crippen LogP contribution in [0.2, 0.25) is 0 Å². The van der Waals surface area contributed by atoms with E-state index in [0.29, 0.717) is 0 Å². The highest BCUT2D eigenvalue weighted by Gasteiger charge is 2.26. The summed E-state index contributed by atoms with van der Waals surface area (Å²) in [5.74, 6) is 0. The molecule has 0 unspecified atom stereocenters. The van der Waals surface area contributed by atoms with Gasteiger partial charge in [0.2, 0.25) is 0 Å². The molecule has 0 saturated heterocycles. The fourth-order valence-corrected chi connectivity index (χ4v) is 1.63. The van der Waals surface area contributed by atoms with Crippen LogP contribution in [0.5, 0.6) is 0 Å². The molecule has 1 rings (SSSR count). The summed E-state index contributed by atoms with van der Waals surface area (Å²) in [5, 5.41) is 0. The number of aryl methyl sites for hydroxylation is 1. The van der Waals surface area contributed by atoms with Gasteiger partial charge in [-0.05, 0) is 40.6 Å². The van der Waals surface area contributed by atoms with Gasteiger partial charge in [-0.3, -0.25) is 0 Å². The quantitative estimate of drug-likeness (QED) is 0.729. The van der Waals surface area contributed by atoms with E-state index >= 15 is 0 Å². The van der Waals surface area contributed by atoms with Gasteiger partial charge in [-0.1, -0.05) is 18.2 Å². The second-order valence-electron chi connectivity index (χ2n) is 2.71. The molecule has 0 bridgehead atoms. The first kappa shape index (κ1) is 10.8. The monoisotopic (exact) mass is 300 g/mol. The number of rotatable bonds is 2. The van der Waals surface area contributed by atoms with Gasteiger partial charge in [-0.25, -0.2) is 0 Å². The minimum absolute atomic E-state index is 0.0720. The molecule has 0 spiro atoms. The van der Waals surface area contributed by atoms with E-state index in [1.54, 1.807) is 12.1 Å². The topological polar surface area (TPSA) is 0 Å². The standard InChI is InChI=1S/C9H8F3I/c10-9(11,12)6-5-7-3-1-2-4-8(7)13/h1-4H,5-6H2. The summed E-state index contributed by atoms with van der Waals surface area (Å²) in [7, 11) is 0. The van der Waals surface area contributed by atoms with Crippen molar-refractivity contribution in [3.63, 3.8) is 0 Å². The number of hydrogen-bond acceptors (Lipinski definition) is 0. The lowest BCUT2D eigenvalue weighted by atomic mass is 10.1. The molecular weight excluding hydrogens is 292 g/mol. The Bertz CT molecular complexity index is 280. The van der Waals surface area contributed by atoms with Crippen LogP contribution in [0.4, 0.5) is 13.2 Å². The van der Waals surface area contributed by atoms with Crippen LogP contribution in [0, 0.1) is 3.57 Å². The highest BCUT2D eigenvalue weighted by atomic mass is 127. The molecule has 4 heteroatoms. The van der Waals surface area contributed by atoms with E-state index in [0.717, 1.165) is 9.13 Å². The molecule has 0 nitrogen and oxygen atoms in total. The summed E-state index contributed by atoms with van der Waals surface area (Å²) in [5.41, 5.74) is 0.764. The molecule has 13 heavy (non-hydrogen) atoms. The van der Waals surface area contributed by atoms with Crippen LogP contribution in [-0.4, -0.2) is 6.18 Å². The molecule has 0 N–H and O–H groups in total. The molecule has 72 valence electrons. The molecular formula is C9H8F3I. The maximum absolute atomic E-state index is 11.9. The number of hydrogen-bond donors (Lipinski definition) is 0. The third-order valence-electron chi connectivity index (χ3n) is 1.64. The molecule has 0 aliphatic rings. The van der Waals surface area contributed by atoms with E-state index in [1.807, 2.05) is 34.7 Å². The normalized spacial score (nSPS) is 11.7. The summed E-state index contributed by atoms with van der Waals surface area (Å²) in [6.07, 6.45) is -4.73. The van der Waals surface area contributed by atoms with E-state index in [-0.39, 0.29) is 6.42 Å². The Morgan fingerprint density at radius 1 is 1.15 bits per heavy atom. The Labute approximate surface area is 88.3 Å². The first-order chi connectivity index (χ1) is 5.99. The minimum atomic E-state index is -4.06. The van der Waals surface area contributed by atoms with Gasteiger partial charge in [0.05, 0.1) is 0 Å². The summed E-state index contributed by atoms with van der Waals surface area (Å²) in [6, 6.07) is 7.12. The molecule has 0 fully saturated rings. The molecule has 0 saturated carbocycles. The molecule has 0 aliphatic heterocycles. The predicted molar refractivity (Wildman–Crippen MR) is 53.5 cm³/mol. The molecule has 0 heterocycles. The molecule has 0 atom stereocenters. The highest BCUT2D eigenvalue weighted by molar-refractivity contribution is 14.1. The van der Waals surface area contributed by atoms with Crippen LogP contribution >= 0.6 is 22.6 Å². The Balaban J connectivity index is 2.60. The Kier molecular flexibility index (Phi) is 3.58. The SMILES string of the molecule is FC(F)(F)CCc1ccccc1I. The smallest absolute Gasteiger partial charge is 0.171 e. The average Bonchev–Trinajstić information content (AvgIpc) is 2.01. The van der Waals surface area contributed by atoms with Crippen molar-refractivity contribution in [3.8, 4) is 0 Å². The van der Waals surface area contributed by atoms with Gasteiger partial charge < -0.3 is 0 Å². The van der Waals surface area contributed by atoms with Gasteiger partial charge in [-0.15, -0.1) is 0 Å². The van der Waals surface area contributed by atoms with Crippen molar-refractivity contribution in [1.82, 2.24) is 0 Å². The zero-order valence-electron chi connectivity index (χ0n) is 6.74. The first-order valence-electron chi connectivity index (χ1n) is 3.79. The van der Waals surface area contributed by atoms with Crippen LogP contribution in [-0.2, 0) is 6.42 Å². The van der Waals surface area contributed by atoms with Gasteiger partial charge in [0.15, 0.2) is 0 Å². The second-order valence-corrected chi connectivity index (χ2v) is 3.87. The Hall–Kier alpha value is -0.260. The van der Waals surface area contributed by atoms with Gasteiger partial charge in [0, 0.05) is 9.99 Å². The lowest BCUT2D eigenvalue weighted by Gasteiger charge is -2.07. The van der Waals surface area contributed by atoms with Gasteiger partial charge in [-0.2, -0.15) is 13.2 Å². The summed E-state index contributed by atoms with van der Waals surface area (Å²) < 4.78 is 36.5. The second kappa shape index (κ2) is 4.30. The molecule has 1 aromatic rings. The number of halogens is 4. The largest absolute Gasteiger partial charge is 0.389 e.